The minimum absolute atomic E-state index is 0.803. The first kappa shape index (κ1) is 16.2. The van der Waals surface area contributed by atoms with Gasteiger partial charge in [0.25, 0.3) is 0 Å². The predicted octanol–water partition coefficient (Wildman–Crippen LogP) is 6.06. The molecule has 0 nitrogen and oxygen atoms in total. The summed E-state index contributed by atoms with van der Waals surface area (Å²) in [4.78, 5) is 0. The number of rotatable bonds is 11. The Labute approximate surface area is 105 Å². The molecule has 0 fully saturated rings. The van der Waals surface area contributed by atoms with Gasteiger partial charge in [-0.3, -0.25) is 0 Å². The summed E-state index contributed by atoms with van der Waals surface area (Å²) in [6.45, 7) is 11.2. The van der Waals surface area contributed by atoms with Crippen molar-refractivity contribution in [3.8, 4) is 0 Å². The summed E-state index contributed by atoms with van der Waals surface area (Å²) >= 11 is 0. The van der Waals surface area contributed by atoms with Crippen molar-refractivity contribution < 1.29 is 0 Å². The van der Waals surface area contributed by atoms with Crippen molar-refractivity contribution in [3.05, 3.63) is 6.92 Å². The molecule has 0 aliphatic rings. The van der Waals surface area contributed by atoms with Gasteiger partial charge >= 0.3 is 0 Å². The molecule has 16 heavy (non-hydrogen) atoms. The molecule has 0 aromatic rings. The van der Waals surface area contributed by atoms with Crippen LogP contribution in [0.5, 0.6) is 0 Å². The molecule has 0 aromatic heterocycles. The van der Waals surface area contributed by atoms with E-state index in [1.54, 1.807) is 6.04 Å². The molecule has 0 N–H and O–H groups in total. The Morgan fingerprint density at radius 1 is 0.688 bits per heavy atom. The Balaban J connectivity index is 3.48. The first-order valence-corrected chi connectivity index (χ1v) is 10.4. The molecule has 1 heteroatoms. The second kappa shape index (κ2) is 10.4. The maximum atomic E-state index is 3.89. The fourth-order valence-corrected chi connectivity index (χ4v) is 6.22. The highest BCUT2D eigenvalue weighted by Gasteiger charge is 2.25. The Bertz CT molecular complexity index is 130. The van der Waals surface area contributed by atoms with Crippen molar-refractivity contribution in [2.24, 2.45) is 0 Å². The number of hydrogen-bond donors (Lipinski definition) is 0. The summed E-state index contributed by atoms with van der Waals surface area (Å²) in [7, 11) is -0.803. The van der Waals surface area contributed by atoms with Crippen LogP contribution in [0.3, 0.4) is 0 Å². The lowest BCUT2D eigenvalue weighted by atomic mass is 10.1. The Hall–Kier alpha value is 0.217. The van der Waals surface area contributed by atoms with Crippen LogP contribution in [0.15, 0.2) is 0 Å². The Morgan fingerprint density at radius 2 is 1.12 bits per heavy atom. The molecule has 0 aromatic carbocycles. The van der Waals surface area contributed by atoms with Crippen LogP contribution in [0.2, 0.25) is 24.2 Å². The van der Waals surface area contributed by atoms with Gasteiger partial charge in [-0.25, -0.2) is 0 Å². The van der Waals surface area contributed by atoms with Gasteiger partial charge in [-0.2, -0.15) is 0 Å². The van der Waals surface area contributed by atoms with Gasteiger partial charge in [0.15, 0.2) is 0 Å². The molecule has 0 saturated heterocycles. The van der Waals surface area contributed by atoms with E-state index in [2.05, 4.69) is 27.7 Å². The lowest BCUT2D eigenvalue weighted by Gasteiger charge is -2.28. The molecule has 0 aliphatic heterocycles. The van der Waals surface area contributed by atoms with Gasteiger partial charge < -0.3 is 0 Å². The SMILES string of the molecule is [CH2]CCCCCCCC[Si](CC)(CC)CC. The average Bonchev–Trinajstić information content (AvgIpc) is 2.34. The molecule has 97 valence electrons. The van der Waals surface area contributed by atoms with Crippen molar-refractivity contribution in [1.29, 1.82) is 0 Å². The molecule has 0 heterocycles. The van der Waals surface area contributed by atoms with Crippen LogP contribution >= 0.6 is 0 Å². The van der Waals surface area contributed by atoms with Gasteiger partial charge in [-0.15, -0.1) is 0 Å². The van der Waals surface area contributed by atoms with Gasteiger partial charge in [-0.1, -0.05) is 96.8 Å². The molecule has 0 aliphatic carbocycles. The zero-order chi connectivity index (χ0) is 12.3. The highest BCUT2D eigenvalue weighted by molar-refractivity contribution is 6.79. The zero-order valence-corrected chi connectivity index (χ0v) is 13.0. The lowest BCUT2D eigenvalue weighted by Crippen LogP contribution is -2.30. The molecule has 0 atom stereocenters. The third-order valence-electron chi connectivity index (χ3n) is 4.46. The standard InChI is InChI=1S/C15H33Si/c1-5-9-10-11-12-13-14-15-16(6-2,7-3)8-4/h1,5-15H2,2-4H3. The minimum atomic E-state index is -0.803. The van der Waals surface area contributed by atoms with E-state index in [9.17, 15) is 0 Å². The topological polar surface area (TPSA) is 0 Å². The van der Waals surface area contributed by atoms with Crippen LogP contribution in [0.4, 0.5) is 0 Å². The Kier molecular flexibility index (Phi) is 10.5. The molecule has 0 amide bonds. The Morgan fingerprint density at radius 3 is 1.56 bits per heavy atom. The fraction of sp³-hybridized carbons (Fsp3) is 0.933. The largest absolute Gasteiger partial charge is 0.0678 e. The van der Waals surface area contributed by atoms with Gasteiger partial charge in [0.1, 0.15) is 0 Å². The van der Waals surface area contributed by atoms with Crippen LogP contribution in [-0.2, 0) is 0 Å². The van der Waals surface area contributed by atoms with Crippen LogP contribution in [-0.4, -0.2) is 8.07 Å². The van der Waals surface area contributed by atoms with E-state index in [1.165, 1.54) is 56.7 Å². The van der Waals surface area contributed by atoms with Gasteiger partial charge in [0, 0.05) is 0 Å². The van der Waals surface area contributed by atoms with Gasteiger partial charge in [0.05, 0.1) is 8.07 Å². The smallest absolute Gasteiger partial charge is 0.0527 e. The molecule has 0 bridgehead atoms. The lowest BCUT2D eigenvalue weighted by molar-refractivity contribution is 0.608. The minimum Gasteiger partial charge on any atom is -0.0678 e. The molecule has 0 spiro atoms. The summed E-state index contributed by atoms with van der Waals surface area (Å²) in [5.74, 6) is 0. The third kappa shape index (κ3) is 6.73. The molecule has 0 rings (SSSR count). The summed E-state index contributed by atoms with van der Waals surface area (Å²) in [5.41, 5.74) is 0. The van der Waals surface area contributed by atoms with Crippen LogP contribution in [0.1, 0.15) is 65.7 Å². The predicted molar refractivity (Wildman–Crippen MR) is 79.7 cm³/mol. The number of hydrogen-bond acceptors (Lipinski definition) is 0. The zero-order valence-electron chi connectivity index (χ0n) is 12.0. The molecule has 1 radical (unpaired) electrons. The molecular weight excluding hydrogens is 208 g/mol. The average molecular weight is 242 g/mol. The molecule has 0 unspecified atom stereocenters. The van der Waals surface area contributed by atoms with Crippen molar-refractivity contribution in [1.82, 2.24) is 0 Å². The summed E-state index contributed by atoms with van der Waals surface area (Å²) < 4.78 is 0. The van der Waals surface area contributed by atoms with Gasteiger partial charge in [-0.05, 0) is 0 Å². The van der Waals surface area contributed by atoms with Crippen molar-refractivity contribution in [3.63, 3.8) is 0 Å². The quantitative estimate of drug-likeness (QED) is 0.305. The second-order valence-corrected chi connectivity index (χ2v) is 10.9. The summed E-state index contributed by atoms with van der Waals surface area (Å²) in [5, 5.41) is 0. The van der Waals surface area contributed by atoms with Crippen LogP contribution < -0.4 is 0 Å². The number of unbranched alkanes of at least 4 members (excludes halogenated alkanes) is 6. The van der Waals surface area contributed by atoms with E-state index in [1.807, 2.05) is 0 Å². The monoisotopic (exact) mass is 241 g/mol. The van der Waals surface area contributed by atoms with E-state index in [-0.39, 0.29) is 0 Å². The fourth-order valence-electron chi connectivity index (χ4n) is 2.66. The highest BCUT2D eigenvalue weighted by atomic mass is 28.3. The van der Waals surface area contributed by atoms with Crippen molar-refractivity contribution >= 4 is 8.07 Å². The molecular formula is C15H33Si. The van der Waals surface area contributed by atoms with E-state index < -0.39 is 8.07 Å². The maximum absolute atomic E-state index is 3.89. The second-order valence-electron chi connectivity index (χ2n) is 5.29. The van der Waals surface area contributed by atoms with Crippen LogP contribution in [0, 0.1) is 6.92 Å². The highest BCUT2D eigenvalue weighted by Crippen LogP contribution is 2.27. The van der Waals surface area contributed by atoms with E-state index in [0.717, 1.165) is 6.42 Å². The van der Waals surface area contributed by atoms with E-state index in [4.69, 9.17) is 0 Å². The first-order chi connectivity index (χ1) is 7.74. The normalized spacial score (nSPS) is 12.0. The van der Waals surface area contributed by atoms with Gasteiger partial charge in [0.2, 0.25) is 0 Å². The summed E-state index contributed by atoms with van der Waals surface area (Å²) in [6.07, 6.45) is 9.74. The van der Waals surface area contributed by atoms with Crippen molar-refractivity contribution in [2.45, 2.75) is 89.9 Å². The molecule has 0 saturated carbocycles. The van der Waals surface area contributed by atoms with E-state index >= 15 is 0 Å². The van der Waals surface area contributed by atoms with Crippen LogP contribution in [0.25, 0.3) is 0 Å². The first-order valence-electron chi connectivity index (χ1n) is 7.54. The maximum Gasteiger partial charge on any atom is 0.0527 e. The third-order valence-corrected chi connectivity index (χ3v) is 10.4. The van der Waals surface area contributed by atoms with Crippen molar-refractivity contribution in [2.75, 3.05) is 0 Å². The van der Waals surface area contributed by atoms with E-state index in [0.29, 0.717) is 0 Å². The summed E-state index contributed by atoms with van der Waals surface area (Å²) in [6, 6.07) is 6.09.